The van der Waals surface area contributed by atoms with E-state index in [4.69, 9.17) is 0 Å². The molecule has 0 radical (unpaired) electrons. The van der Waals surface area contributed by atoms with Crippen molar-refractivity contribution in [2.45, 2.75) is 38.6 Å². The van der Waals surface area contributed by atoms with Crippen molar-refractivity contribution in [1.29, 1.82) is 0 Å². The quantitative estimate of drug-likeness (QED) is 0.615. The highest BCUT2D eigenvalue weighted by Crippen LogP contribution is 2.39. The largest absolute Gasteiger partial charge is 0.323 e. The topological polar surface area (TPSA) is 58.2 Å². The molecule has 4 nitrogen and oxygen atoms in total. The summed E-state index contributed by atoms with van der Waals surface area (Å²) in [6.45, 7) is 3.99. The van der Waals surface area contributed by atoms with Crippen LogP contribution in [-0.4, -0.2) is 17.5 Å². The highest BCUT2D eigenvalue weighted by atomic mass is 16.2. The summed E-state index contributed by atoms with van der Waals surface area (Å²) in [7, 11) is 0. The molecule has 3 amide bonds. The minimum atomic E-state index is -0.674. The first-order valence-corrected chi connectivity index (χ1v) is 5.17. The number of imide groups is 1. The first kappa shape index (κ1) is 9.49. The number of hydrogen-bond acceptors (Lipinski definition) is 2. The Hall–Kier alpha value is -1.06. The van der Waals surface area contributed by atoms with Crippen LogP contribution >= 0.6 is 0 Å². The summed E-state index contributed by atoms with van der Waals surface area (Å²) in [5.74, 6) is 0.638. The molecule has 1 heterocycles. The zero-order valence-corrected chi connectivity index (χ0v) is 8.59. The van der Waals surface area contributed by atoms with E-state index in [-0.39, 0.29) is 17.9 Å². The molecular weight excluding hydrogens is 180 g/mol. The molecule has 1 aliphatic carbocycles. The molecule has 78 valence electrons. The molecule has 0 spiro atoms. The molecule has 4 heteroatoms. The van der Waals surface area contributed by atoms with Crippen molar-refractivity contribution in [3.8, 4) is 0 Å². The molecule has 0 bridgehead atoms. The number of rotatable bonds is 1. The highest BCUT2D eigenvalue weighted by molar-refractivity contribution is 6.07. The van der Waals surface area contributed by atoms with Crippen molar-refractivity contribution in [1.82, 2.24) is 10.6 Å². The number of amides is 3. The monoisotopic (exact) mass is 196 g/mol. The van der Waals surface area contributed by atoms with Gasteiger partial charge < -0.3 is 5.32 Å². The zero-order chi connectivity index (χ0) is 10.3. The second-order valence-corrected chi connectivity index (χ2v) is 4.63. The van der Waals surface area contributed by atoms with Crippen molar-refractivity contribution in [3.05, 3.63) is 0 Å². The lowest BCUT2D eigenvalue weighted by Crippen LogP contribution is -2.51. The third-order valence-electron chi connectivity index (χ3n) is 3.68. The molecular formula is C10H16N2O2. The normalized spacial score (nSPS) is 42.4. The molecule has 1 saturated carbocycles. The van der Waals surface area contributed by atoms with Crippen molar-refractivity contribution in [3.63, 3.8) is 0 Å². The van der Waals surface area contributed by atoms with Crippen molar-refractivity contribution >= 4 is 11.9 Å². The smallest absolute Gasteiger partial charge is 0.322 e. The van der Waals surface area contributed by atoms with E-state index in [1.165, 1.54) is 0 Å². The fourth-order valence-corrected chi connectivity index (χ4v) is 2.82. The van der Waals surface area contributed by atoms with E-state index in [1.807, 2.05) is 6.92 Å². The van der Waals surface area contributed by atoms with Crippen LogP contribution in [0.15, 0.2) is 0 Å². The van der Waals surface area contributed by atoms with Gasteiger partial charge in [0.15, 0.2) is 0 Å². The van der Waals surface area contributed by atoms with E-state index in [0.717, 1.165) is 19.3 Å². The molecule has 1 aliphatic heterocycles. The molecule has 1 saturated heterocycles. The van der Waals surface area contributed by atoms with Gasteiger partial charge in [-0.3, -0.25) is 10.1 Å². The van der Waals surface area contributed by atoms with Gasteiger partial charge in [0.2, 0.25) is 0 Å². The number of carbonyl (C=O) groups excluding carboxylic acids is 2. The average molecular weight is 196 g/mol. The van der Waals surface area contributed by atoms with Crippen molar-refractivity contribution < 1.29 is 9.59 Å². The first-order valence-electron chi connectivity index (χ1n) is 5.17. The minimum Gasteiger partial charge on any atom is -0.323 e. The van der Waals surface area contributed by atoms with E-state index < -0.39 is 5.54 Å². The Kier molecular flexibility index (Phi) is 2.01. The summed E-state index contributed by atoms with van der Waals surface area (Å²) in [6, 6.07) is -0.350. The minimum absolute atomic E-state index is 0.166. The number of hydrogen-bond donors (Lipinski definition) is 2. The standard InChI is InChI=1S/C10H16N2O2/c1-6-4-3-5-7(6)10(2)8(13)11-9(14)12-10/h6-7H,3-5H2,1-2H3,(H2,11,12,13,14). The molecule has 0 aromatic rings. The van der Waals surface area contributed by atoms with Crippen LogP contribution in [0.25, 0.3) is 0 Å². The Bertz CT molecular complexity index is 290. The van der Waals surface area contributed by atoms with Gasteiger partial charge in [-0.05, 0) is 25.2 Å². The summed E-state index contributed by atoms with van der Waals surface area (Å²) in [5, 5.41) is 5.07. The number of urea groups is 1. The zero-order valence-electron chi connectivity index (χ0n) is 8.59. The van der Waals surface area contributed by atoms with Gasteiger partial charge in [0, 0.05) is 0 Å². The van der Waals surface area contributed by atoms with Crippen LogP contribution in [0.3, 0.4) is 0 Å². The Morgan fingerprint density at radius 2 is 2.07 bits per heavy atom. The highest BCUT2D eigenvalue weighted by Gasteiger charge is 2.50. The summed E-state index contributed by atoms with van der Waals surface area (Å²) < 4.78 is 0. The van der Waals surface area contributed by atoms with Gasteiger partial charge >= 0.3 is 6.03 Å². The van der Waals surface area contributed by atoms with Crippen LogP contribution in [0, 0.1) is 11.8 Å². The third-order valence-corrected chi connectivity index (χ3v) is 3.68. The van der Waals surface area contributed by atoms with E-state index >= 15 is 0 Å². The Labute approximate surface area is 83.4 Å². The van der Waals surface area contributed by atoms with Crippen LogP contribution in [0.5, 0.6) is 0 Å². The first-order chi connectivity index (χ1) is 6.54. The predicted octanol–water partition coefficient (Wildman–Crippen LogP) is 1.02. The predicted molar refractivity (Wildman–Crippen MR) is 51.6 cm³/mol. The Balaban J connectivity index is 2.23. The molecule has 3 atom stereocenters. The van der Waals surface area contributed by atoms with Gasteiger partial charge in [0.05, 0.1) is 0 Å². The summed E-state index contributed by atoms with van der Waals surface area (Å²) in [4.78, 5) is 22.7. The van der Waals surface area contributed by atoms with Gasteiger partial charge in [-0.2, -0.15) is 0 Å². The van der Waals surface area contributed by atoms with Crippen LogP contribution in [-0.2, 0) is 4.79 Å². The van der Waals surface area contributed by atoms with Crippen LogP contribution < -0.4 is 10.6 Å². The van der Waals surface area contributed by atoms with E-state index in [0.29, 0.717) is 5.92 Å². The Morgan fingerprint density at radius 1 is 1.36 bits per heavy atom. The fraction of sp³-hybridized carbons (Fsp3) is 0.800. The van der Waals surface area contributed by atoms with Gasteiger partial charge in [0.1, 0.15) is 5.54 Å². The fourth-order valence-electron chi connectivity index (χ4n) is 2.82. The van der Waals surface area contributed by atoms with E-state index in [2.05, 4.69) is 17.6 Å². The average Bonchev–Trinajstić information content (AvgIpc) is 2.59. The van der Waals surface area contributed by atoms with Gasteiger partial charge in [-0.15, -0.1) is 0 Å². The molecule has 2 aliphatic rings. The lowest BCUT2D eigenvalue weighted by molar-refractivity contribution is -0.125. The maximum atomic E-state index is 11.6. The number of carbonyl (C=O) groups is 2. The second kappa shape index (κ2) is 2.97. The second-order valence-electron chi connectivity index (χ2n) is 4.63. The molecule has 3 unspecified atom stereocenters. The molecule has 0 aromatic carbocycles. The van der Waals surface area contributed by atoms with Crippen molar-refractivity contribution in [2.24, 2.45) is 11.8 Å². The van der Waals surface area contributed by atoms with E-state index in [1.54, 1.807) is 0 Å². The Morgan fingerprint density at radius 3 is 2.50 bits per heavy atom. The van der Waals surface area contributed by atoms with Crippen molar-refractivity contribution in [2.75, 3.05) is 0 Å². The molecule has 2 rings (SSSR count). The molecule has 2 fully saturated rings. The van der Waals surface area contributed by atoms with Crippen LogP contribution in [0.2, 0.25) is 0 Å². The van der Waals surface area contributed by atoms with E-state index in [9.17, 15) is 9.59 Å². The summed E-state index contributed by atoms with van der Waals surface area (Å²) in [5.41, 5.74) is -0.674. The molecule has 2 N–H and O–H groups in total. The van der Waals surface area contributed by atoms with Gasteiger partial charge in [0.25, 0.3) is 5.91 Å². The summed E-state index contributed by atoms with van der Waals surface area (Å²) in [6.07, 6.45) is 3.35. The maximum Gasteiger partial charge on any atom is 0.322 e. The number of nitrogens with one attached hydrogen (secondary N) is 2. The lowest BCUT2D eigenvalue weighted by atomic mass is 9.79. The summed E-state index contributed by atoms with van der Waals surface area (Å²) >= 11 is 0. The van der Waals surface area contributed by atoms with Gasteiger partial charge in [-0.1, -0.05) is 19.8 Å². The van der Waals surface area contributed by atoms with Crippen LogP contribution in [0.4, 0.5) is 4.79 Å². The maximum absolute atomic E-state index is 11.6. The third kappa shape index (κ3) is 1.21. The molecule has 14 heavy (non-hydrogen) atoms. The molecule has 0 aromatic heterocycles. The van der Waals surface area contributed by atoms with Crippen LogP contribution in [0.1, 0.15) is 33.1 Å². The van der Waals surface area contributed by atoms with Gasteiger partial charge in [-0.25, -0.2) is 4.79 Å². The SMILES string of the molecule is CC1CCCC1C1(C)NC(=O)NC1=O. The lowest BCUT2D eigenvalue weighted by Gasteiger charge is -2.31.